The number of nitrogens with zero attached hydrogens (tertiary/aromatic N) is 1. The molecule has 1 aromatic carbocycles. The molecular weight excluding hydrogens is 203 g/mol. The minimum Gasteiger partial charge on any atom is -0.372 e. The molecule has 16 heavy (non-hydrogen) atoms. The van der Waals surface area contributed by atoms with Gasteiger partial charge in [-0.2, -0.15) is 0 Å². The maximum atomic E-state index is 13.3. The number of anilines is 1. The van der Waals surface area contributed by atoms with E-state index in [2.05, 4.69) is 18.7 Å². The summed E-state index contributed by atoms with van der Waals surface area (Å²) in [5, 5.41) is 0. The molecule has 2 N–H and O–H groups in total. The molecule has 0 amide bonds. The van der Waals surface area contributed by atoms with Gasteiger partial charge in [-0.25, -0.2) is 4.39 Å². The molecule has 0 heterocycles. The van der Waals surface area contributed by atoms with E-state index in [1.807, 2.05) is 13.1 Å². The van der Waals surface area contributed by atoms with Crippen LogP contribution in [-0.4, -0.2) is 13.1 Å². The number of benzene rings is 1. The predicted molar refractivity (Wildman–Crippen MR) is 67.1 cm³/mol. The summed E-state index contributed by atoms with van der Waals surface area (Å²) in [6, 6.07) is 5.42. The Balaban J connectivity index is 2.89. The van der Waals surface area contributed by atoms with Gasteiger partial charge in [0.15, 0.2) is 0 Å². The van der Waals surface area contributed by atoms with Crippen LogP contribution in [0.4, 0.5) is 10.1 Å². The fraction of sp³-hybridized carbons (Fsp3) is 0.538. The second-order valence-corrected chi connectivity index (χ2v) is 4.27. The lowest BCUT2D eigenvalue weighted by molar-refractivity contribution is 0.605. The van der Waals surface area contributed by atoms with Crippen molar-refractivity contribution >= 4 is 5.69 Å². The normalized spacial score (nSPS) is 12.6. The molecule has 0 saturated carbocycles. The van der Waals surface area contributed by atoms with Crippen LogP contribution in [0.1, 0.15) is 32.3 Å². The summed E-state index contributed by atoms with van der Waals surface area (Å²) < 4.78 is 13.3. The standard InChI is InChI=1S/C13H21FN2/c1-4-5-10(2)16(3)13-7-11(9-15)6-12(14)8-13/h6-8,10H,4-5,9,15H2,1-3H3. The molecule has 1 unspecified atom stereocenters. The van der Waals surface area contributed by atoms with Gasteiger partial charge in [-0.1, -0.05) is 13.3 Å². The third-order valence-corrected chi connectivity index (χ3v) is 2.95. The largest absolute Gasteiger partial charge is 0.372 e. The van der Waals surface area contributed by atoms with Crippen molar-refractivity contribution in [2.45, 2.75) is 39.3 Å². The van der Waals surface area contributed by atoms with Crippen LogP contribution in [0, 0.1) is 5.82 Å². The molecule has 0 fully saturated rings. The van der Waals surface area contributed by atoms with Gasteiger partial charge in [0.05, 0.1) is 0 Å². The lowest BCUT2D eigenvalue weighted by Crippen LogP contribution is -2.28. The molecule has 0 spiro atoms. The molecule has 0 aliphatic heterocycles. The molecule has 90 valence electrons. The van der Waals surface area contributed by atoms with Crippen molar-refractivity contribution in [2.24, 2.45) is 5.73 Å². The molecule has 1 aromatic rings. The van der Waals surface area contributed by atoms with Crippen LogP contribution in [-0.2, 0) is 6.54 Å². The number of hydrogen-bond acceptors (Lipinski definition) is 2. The first-order valence-electron chi connectivity index (χ1n) is 5.80. The van der Waals surface area contributed by atoms with Crippen LogP contribution < -0.4 is 10.6 Å². The summed E-state index contributed by atoms with van der Waals surface area (Å²) in [4.78, 5) is 2.10. The van der Waals surface area contributed by atoms with Gasteiger partial charge in [0.2, 0.25) is 0 Å². The van der Waals surface area contributed by atoms with Crippen molar-refractivity contribution in [3.05, 3.63) is 29.6 Å². The average Bonchev–Trinajstić information content (AvgIpc) is 2.27. The van der Waals surface area contributed by atoms with Crippen molar-refractivity contribution in [2.75, 3.05) is 11.9 Å². The highest BCUT2D eigenvalue weighted by atomic mass is 19.1. The van der Waals surface area contributed by atoms with E-state index < -0.39 is 0 Å². The Morgan fingerprint density at radius 2 is 2.06 bits per heavy atom. The van der Waals surface area contributed by atoms with Gasteiger partial charge in [-0.05, 0) is 37.1 Å². The van der Waals surface area contributed by atoms with Gasteiger partial charge in [-0.15, -0.1) is 0 Å². The van der Waals surface area contributed by atoms with Gasteiger partial charge in [0.1, 0.15) is 5.82 Å². The van der Waals surface area contributed by atoms with Crippen molar-refractivity contribution in [3.63, 3.8) is 0 Å². The first kappa shape index (κ1) is 13.0. The zero-order valence-corrected chi connectivity index (χ0v) is 10.3. The van der Waals surface area contributed by atoms with Crippen LogP contribution in [0.2, 0.25) is 0 Å². The molecule has 1 atom stereocenters. The summed E-state index contributed by atoms with van der Waals surface area (Å²) in [5.74, 6) is -0.214. The van der Waals surface area contributed by atoms with Crippen molar-refractivity contribution in [1.29, 1.82) is 0 Å². The smallest absolute Gasteiger partial charge is 0.125 e. The zero-order chi connectivity index (χ0) is 12.1. The SMILES string of the molecule is CCCC(C)N(C)c1cc(F)cc(CN)c1. The summed E-state index contributed by atoms with van der Waals surface area (Å²) in [5.41, 5.74) is 7.28. The minimum atomic E-state index is -0.214. The number of hydrogen-bond donors (Lipinski definition) is 1. The van der Waals surface area contributed by atoms with E-state index >= 15 is 0 Å². The van der Waals surface area contributed by atoms with E-state index in [1.165, 1.54) is 6.07 Å². The average molecular weight is 224 g/mol. The third-order valence-electron chi connectivity index (χ3n) is 2.95. The highest BCUT2D eigenvalue weighted by Crippen LogP contribution is 2.20. The summed E-state index contributed by atoms with van der Waals surface area (Å²) in [6.07, 6.45) is 2.23. The van der Waals surface area contributed by atoms with Gasteiger partial charge in [0, 0.05) is 25.3 Å². The van der Waals surface area contributed by atoms with Crippen molar-refractivity contribution in [1.82, 2.24) is 0 Å². The lowest BCUT2D eigenvalue weighted by atomic mass is 10.1. The maximum Gasteiger partial charge on any atom is 0.125 e. The topological polar surface area (TPSA) is 29.3 Å². The molecule has 0 bridgehead atoms. The van der Waals surface area contributed by atoms with Crippen LogP contribution >= 0.6 is 0 Å². The summed E-state index contributed by atoms with van der Waals surface area (Å²) >= 11 is 0. The van der Waals surface area contributed by atoms with Gasteiger partial charge >= 0.3 is 0 Å². The van der Waals surface area contributed by atoms with Crippen LogP contribution in [0.25, 0.3) is 0 Å². The van der Waals surface area contributed by atoms with E-state index in [0.29, 0.717) is 12.6 Å². The Bertz CT molecular complexity index is 339. The second-order valence-electron chi connectivity index (χ2n) is 4.27. The van der Waals surface area contributed by atoms with Gasteiger partial charge in [0.25, 0.3) is 0 Å². The van der Waals surface area contributed by atoms with Crippen molar-refractivity contribution in [3.8, 4) is 0 Å². The molecule has 0 radical (unpaired) electrons. The monoisotopic (exact) mass is 224 g/mol. The quantitative estimate of drug-likeness (QED) is 0.833. The molecule has 1 rings (SSSR count). The molecule has 0 aliphatic carbocycles. The van der Waals surface area contributed by atoms with Crippen LogP contribution in [0.5, 0.6) is 0 Å². The number of nitrogens with two attached hydrogens (primary N) is 1. The maximum absolute atomic E-state index is 13.3. The number of halogens is 1. The summed E-state index contributed by atoms with van der Waals surface area (Å²) in [7, 11) is 2.00. The van der Waals surface area contributed by atoms with Gasteiger partial charge < -0.3 is 10.6 Å². The molecule has 3 heteroatoms. The predicted octanol–water partition coefficient (Wildman–Crippen LogP) is 2.91. The second kappa shape index (κ2) is 5.85. The van der Waals surface area contributed by atoms with E-state index in [-0.39, 0.29) is 5.82 Å². The summed E-state index contributed by atoms with van der Waals surface area (Å²) in [6.45, 7) is 4.68. The first-order chi connectivity index (χ1) is 7.58. The number of rotatable bonds is 5. The Kier molecular flexibility index (Phi) is 4.74. The molecular formula is C13H21FN2. The highest BCUT2D eigenvalue weighted by Gasteiger charge is 2.10. The van der Waals surface area contributed by atoms with E-state index in [0.717, 1.165) is 24.1 Å². The van der Waals surface area contributed by atoms with E-state index in [9.17, 15) is 4.39 Å². The van der Waals surface area contributed by atoms with Crippen LogP contribution in [0.3, 0.4) is 0 Å². The molecule has 0 aliphatic rings. The fourth-order valence-electron chi connectivity index (χ4n) is 1.82. The van der Waals surface area contributed by atoms with E-state index in [4.69, 9.17) is 5.73 Å². The first-order valence-corrected chi connectivity index (χ1v) is 5.80. The zero-order valence-electron chi connectivity index (χ0n) is 10.3. The minimum absolute atomic E-state index is 0.214. The Labute approximate surface area is 97.3 Å². The van der Waals surface area contributed by atoms with Gasteiger partial charge in [-0.3, -0.25) is 0 Å². The Morgan fingerprint density at radius 3 is 2.62 bits per heavy atom. The highest BCUT2D eigenvalue weighted by molar-refractivity contribution is 5.49. The fourth-order valence-corrected chi connectivity index (χ4v) is 1.82. The molecule has 2 nitrogen and oxygen atoms in total. The lowest BCUT2D eigenvalue weighted by Gasteiger charge is -2.27. The Hall–Kier alpha value is -1.09. The van der Waals surface area contributed by atoms with Crippen molar-refractivity contribution < 1.29 is 4.39 Å². The Morgan fingerprint density at radius 1 is 1.38 bits per heavy atom. The van der Waals surface area contributed by atoms with E-state index in [1.54, 1.807) is 6.07 Å². The molecule has 0 aromatic heterocycles. The van der Waals surface area contributed by atoms with Crippen LogP contribution in [0.15, 0.2) is 18.2 Å². The third kappa shape index (κ3) is 3.20. The molecule has 0 saturated heterocycles.